The highest BCUT2D eigenvalue weighted by molar-refractivity contribution is 7.89. The van der Waals surface area contributed by atoms with Crippen LogP contribution >= 0.6 is 0 Å². The van der Waals surface area contributed by atoms with Gasteiger partial charge in [0.25, 0.3) is 0 Å². The fourth-order valence-corrected chi connectivity index (χ4v) is 3.80. The topological polar surface area (TPSA) is 67.4 Å². The predicted octanol–water partition coefficient (Wildman–Crippen LogP) is 2.36. The molecule has 0 aromatic heterocycles. The number of ether oxygens (including phenoxy) is 1. The average Bonchev–Trinajstić information content (AvgIpc) is 2.97. The third-order valence-electron chi connectivity index (χ3n) is 3.58. The summed E-state index contributed by atoms with van der Waals surface area (Å²) >= 11 is 0. The Morgan fingerprint density at radius 3 is 2.67 bits per heavy atom. The fraction of sp³-hybridized carbons (Fsp3) is 0.600. The van der Waals surface area contributed by atoms with Gasteiger partial charge in [0.05, 0.1) is 18.4 Å². The Morgan fingerprint density at radius 2 is 1.95 bits per heavy atom. The van der Waals surface area contributed by atoms with E-state index >= 15 is 0 Å². The summed E-state index contributed by atoms with van der Waals surface area (Å²) in [6.45, 7) is 3.35. The van der Waals surface area contributed by atoms with Gasteiger partial charge in [-0.05, 0) is 25.0 Å². The molecule has 0 spiro atoms. The summed E-state index contributed by atoms with van der Waals surface area (Å²) in [5, 5.41) is 3.16. The van der Waals surface area contributed by atoms with E-state index in [4.69, 9.17) is 4.74 Å². The third kappa shape index (κ3) is 4.69. The first-order chi connectivity index (χ1) is 10.1. The highest BCUT2D eigenvalue weighted by atomic mass is 32.2. The Bertz CT molecular complexity index is 540. The number of hydrogen-bond acceptors (Lipinski definition) is 4. The van der Waals surface area contributed by atoms with E-state index in [1.54, 1.807) is 25.1 Å². The lowest BCUT2D eigenvalue weighted by Crippen LogP contribution is -2.24. The lowest BCUT2D eigenvalue weighted by molar-refractivity contribution is 0.0659. The number of anilines is 1. The van der Waals surface area contributed by atoms with Gasteiger partial charge in [0.2, 0.25) is 10.0 Å². The van der Waals surface area contributed by atoms with Crippen molar-refractivity contribution in [1.82, 2.24) is 4.72 Å². The molecule has 0 atom stereocenters. The van der Waals surface area contributed by atoms with Gasteiger partial charge in [-0.1, -0.05) is 31.9 Å². The maximum Gasteiger partial charge on any atom is 0.242 e. The van der Waals surface area contributed by atoms with E-state index in [1.807, 2.05) is 6.07 Å². The normalized spacial score (nSPS) is 16.2. The fourth-order valence-electron chi connectivity index (χ4n) is 2.58. The molecule has 1 aliphatic rings. The predicted molar refractivity (Wildman–Crippen MR) is 84.0 cm³/mol. The zero-order valence-electron chi connectivity index (χ0n) is 12.5. The Kier molecular flexibility index (Phi) is 6.02. The van der Waals surface area contributed by atoms with Gasteiger partial charge in [0.1, 0.15) is 4.90 Å². The monoisotopic (exact) mass is 312 g/mol. The molecule has 1 aromatic rings. The Hall–Kier alpha value is -1.11. The first kappa shape index (κ1) is 16.3. The zero-order valence-corrected chi connectivity index (χ0v) is 13.3. The summed E-state index contributed by atoms with van der Waals surface area (Å²) in [7, 11) is -3.45. The van der Waals surface area contributed by atoms with E-state index in [0.29, 0.717) is 31.5 Å². The van der Waals surface area contributed by atoms with Gasteiger partial charge in [0, 0.05) is 13.1 Å². The lowest BCUT2D eigenvalue weighted by Gasteiger charge is -2.14. The van der Waals surface area contributed by atoms with E-state index < -0.39 is 10.0 Å². The summed E-state index contributed by atoms with van der Waals surface area (Å²) in [5.74, 6) is 0. The number of hydrogen-bond donors (Lipinski definition) is 2. The minimum absolute atomic E-state index is 0.285. The van der Waals surface area contributed by atoms with Gasteiger partial charge < -0.3 is 10.1 Å². The molecule has 6 heteroatoms. The number of sulfonamides is 1. The van der Waals surface area contributed by atoms with Crippen molar-refractivity contribution in [2.45, 2.75) is 43.6 Å². The second-order valence-electron chi connectivity index (χ2n) is 5.20. The molecule has 0 heterocycles. The number of benzene rings is 1. The number of para-hydroxylation sites is 1. The first-order valence-electron chi connectivity index (χ1n) is 7.57. The number of nitrogens with one attached hydrogen (secondary N) is 2. The van der Waals surface area contributed by atoms with E-state index in [1.165, 1.54) is 12.8 Å². The van der Waals surface area contributed by atoms with Gasteiger partial charge in [-0.3, -0.25) is 0 Å². The third-order valence-corrected chi connectivity index (χ3v) is 5.19. The minimum atomic E-state index is -3.45. The van der Waals surface area contributed by atoms with Crippen molar-refractivity contribution in [2.75, 3.05) is 25.0 Å². The van der Waals surface area contributed by atoms with Crippen LogP contribution in [0.15, 0.2) is 29.2 Å². The highest BCUT2D eigenvalue weighted by Gasteiger charge is 2.17. The Balaban J connectivity index is 1.90. The minimum Gasteiger partial charge on any atom is -0.382 e. The summed E-state index contributed by atoms with van der Waals surface area (Å²) in [6.07, 6.45) is 5.17. The Labute approximate surface area is 127 Å². The quantitative estimate of drug-likeness (QED) is 0.723. The maximum absolute atomic E-state index is 12.1. The molecule has 0 bridgehead atoms. The molecule has 21 heavy (non-hydrogen) atoms. The van der Waals surface area contributed by atoms with E-state index in [2.05, 4.69) is 10.0 Å². The average molecular weight is 312 g/mol. The van der Waals surface area contributed by atoms with Gasteiger partial charge in [-0.2, -0.15) is 0 Å². The molecule has 0 radical (unpaired) electrons. The van der Waals surface area contributed by atoms with Gasteiger partial charge in [0.15, 0.2) is 0 Å². The molecule has 5 nitrogen and oxygen atoms in total. The molecule has 0 unspecified atom stereocenters. The van der Waals surface area contributed by atoms with Crippen molar-refractivity contribution >= 4 is 15.7 Å². The van der Waals surface area contributed by atoms with Crippen LogP contribution in [0, 0.1) is 0 Å². The molecule has 0 aliphatic heterocycles. The number of rotatable bonds is 8. The van der Waals surface area contributed by atoms with Crippen LogP contribution in [0.2, 0.25) is 0 Å². The van der Waals surface area contributed by atoms with Crippen molar-refractivity contribution < 1.29 is 13.2 Å². The molecule has 0 amide bonds. The van der Waals surface area contributed by atoms with Crippen LogP contribution in [0.25, 0.3) is 0 Å². The Morgan fingerprint density at radius 1 is 1.24 bits per heavy atom. The van der Waals surface area contributed by atoms with E-state index in [-0.39, 0.29) is 4.90 Å². The SMILES string of the molecule is CCNS(=O)(=O)c1ccccc1NCCOC1CCCC1. The molecule has 1 aliphatic carbocycles. The van der Waals surface area contributed by atoms with Gasteiger partial charge >= 0.3 is 0 Å². The molecular formula is C15H24N2O3S. The molecule has 1 aromatic carbocycles. The van der Waals surface area contributed by atoms with Crippen LogP contribution in [0.4, 0.5) is 5.69 Å². The van der Waals surface area contributed by atoms with E-state index in [0.717, 1.165) is 12.8 Å². The summed E-state index contributed by atoms with van der Waals surface area (Å²) < 4.78 is 32.5. The standard InChI is InChI=1S/C15H24N2O3S/c1-2-17-21(18,19)15-10-6-5-9-14(15)16-11-12-20-13-7-3-4-8-13/h5-6,9-10,13,16-17H,2-4,7-8,11-12H2,1H3. The van der Waals surface area contributed by atoms with Gasteiger partial charge in [-0.15, -0.1) is 0 Å². The second kappa shape index (κ2) is 7.77. The van der Waals surface area contributed by atoms with Gasteiger partial charge in [-0.25, -0.2) is 13.1 Å². The maximum atomic E-state index is 12.1. The van der Waals surface area contributed by atoms with Crippen LogP contribution in [0.1, 0.15) is 32.6 Å². The van der Waals surface area contributed by atoms with Crippen LogP contribution < -0.4 is 10.0 Å². The highest BCUT2D eigenvalue weighted by Crippen LogP contribution is 2.22. The van der Waals surface area contributed by atoms with Crippen molar-refractivity contribution in [1.29, 1.82) is 0 Å². The summed E-state index contributed by atoms with van der Waals surface area (Å²) in [6, 6.07) is 6.94. The second-order valence-corrected chi connectivity index (χ2v) is 6.94. The molecule has 118 valence electrons. The molecule has 1 fully saturated rings. The van der Waals surface area contributed by atoms with Crippen molar-refractivity contribution in [3.05, 3.63) is 24.3 Å². The summed E-state index contributed by atoms with van der Waals surface area (Å²) in [5.41, 5.74) is 0.619. The van der Waals surface area contributed by atoms with Crippen molar-refractivity contribution in [3.8, 4) is 0 Å². The molecule has 2 N–H and O–H groups in total. The molecule has 0 saturated heterocycles. The molecular weight excluding hydrogens is 288 g/mol. The smallest absolute Gasteiger partial charge is 0.242 e. The summed E-state index contributed by atoms with van der Waals surface area (Å²) in [4.78, 5) is 0.285. The van der Waals surface area contributed by atoms with Crippen LogP contribution in [0.3, 0.4) is 0 Å². The zero-order chi connectivity index (χ0) is 15.1. The molecule has 1 saturated carbocycles. The first-order valence-corrected chi connectivity index (χ1v) is 9.06. The molecule has 2 rings (SSSR count). The van der Waals surface area contributed by atoms with Crippen LogP contribution in [-0.4, -0.2) is 34.2 Å². The van der Waals surface area contributed by atoms with Crippen molar-refractivity contribution in [3.63, 3.8) is 0 Å². The lowest BCUT2D eigenvalue weighted by atomic mass is 10.3. The largest absolute Gasteiger partial charge is 0.382 e. The van der Waals surface area contributed by atoms with Crippen LogP contribution in [-0.2, 0) is 14.8 Å². The van der Waals surface area contributed by atoms with Crippen molar-refractivity contribution in [2.24, 2.45) is 0 Å². The van der Waals surface area contributed by atoms with Crippen LogP contribution in [0.5, 0.6) is 0 Å². The van der Waals surface area contributed by atoms with E-state index in [9.17, 15) is 8.42 Å².